The first-order valence-corrected chi connectivity index (χ1v) is 6.58. The van der Waals surface area contributed by atoms with Crippen LogP contribution in [-0.4, -0.2) is 23.9 Å². The molecule has 1 aromatic rings. The van der Waals surface area contributed by atoms with Gasteiger partial charge in [0.25, 0.3) is 0 Å². The first-order chi connectivity index (χ1) is 8.46. The van der Waals surface area contributed by atoms with Crippen molar-refractivity contribution in [2.75, 3.05) is 18.8 Å². The van der Waals surface area contributed by atoms with Gasteiger partial charge in [-0.2, -0.15) is 0 Å². The molecule has 19 heavy (non-hydrogen) atoms. The van der Waals surface area contributed by atoms with Gasteiger partial charge >= 0.3 is 0 Å². The van der Waals surface area contributed by atoms with Crippen LogP contribution in [0, 0.1) is 5.41 Å². The Labute approximate surface area is 121 Å². The summed E-state index contributed by atoms with van der Waals surface area (Å²) >= 11 is 0. The molecule has 0 saturated carbocycles. The molecule has 0 unspecified atom stereocenters. The normalized spacial score (nSPS) is 17.7. The molecule has 0 bridgehead atoms. The summed E-state index contributed by atoms with van der Waals surface area (Å²) in [5.41, 5.74) is 7.80. The Bertz CT molecular complexity index is 418. The lowest BCUT2D eigenvalue weighted by atomic mass is 9.82. The van der Waals surface area contributed by atoms with E-state index in [9.17, 15) is 4.79 Å². The Morgan fingerprint density at radius 3 is 2.26 bits per heavy atom. The quantitative estimate of drug-likeness (QED) is 0.848. The molecule has 1 fully saturated rings. The Morgan fingerprint density at radius 2 is 1.74 bits per heavy atom. The number of nitrogen functional groups attached to an aromatic ring is 1. The fraction of sp³-hybridized carbons (Fsp3) is 0.533. The standard InChI is InChI=1S/C15H22N2O.ClH/c1-15(2)7-9-17(10-8-15)14(18)11-12-3-5-13(16)6-4-12;/h3-6H,7-11,16H2,1-2H3;1H. The molecule has 1 aliphatic rings. The zero-order valence-corrected chi connectivity index (χ0v) is 12.5. The third kappa shape index (κ3) is 4.43. The molecule has 1 saturated heterocycles. The van der Waals surface area contributed by atoms with E-state index in [0.29, 0.717) is 11.8 Å². The highest BCUT2D eigenvalue weighted by Gasteiger charge is 2.27. The van der Waals surface area contributed by atoms with Crippen LogP contribution in [0.4, 0.5) is 5.69 Å². The molecule has 2 N–H and O–H groups in total. The number of hydrogen-bond acceptors (Lipinski definition) is 2. The molecule has 0 spiro atoms. The van der Waals surface area contributed by atoms with E-state index in [1.807, 2.05) is 29.2 Å². The average Bonchev–Trinajstić information content (AvgIpc) is 2.32. The number of carbonyl (C=O) groups is 1. The number of likely N-dealkylation sites (tertiary alicyclic amines) is 1. The van der Waals surface area contributed by atoms with Crippen molar-refractivity contribution in [1.82, 2.24) is 4.90 Å². The van der Waals surface area contributed by atoms with E-state index in [2.05, 4.69) is 13.8 Å². The van der Waals surface area contributed by atoms with E-state index in [0.717, 1.165) is 37.2 Å². The maximum atomic E-state index is 12.2. The molecular weight excluding hydrogens is 260 g/mol. The number of nitrogens with zero attached hydrogens (tertiary/aromatic N) is 1. The summed E-state index contributed by atoms with van der Waals surface area (Å²) in [6.07, 6.45) is 2.68. The summed E-state index contributed by atoms with van der Waals surface area (Å²) in [5, 5.41) is 0. The molecule has 1 heterocycles. The third-order valence-electron chi connectivity index (χ3n) is 3.80. The second-order valence-corrected chi connectivity index (χ2v) is 5.96. The summed E-state index contributed by atoms with van der Waals surface area (Å²) < 4.78 is 0. The number of benzene rings is 1. The smallest absolute Gasteiger partial charge is 0.226 e. The lowest BCUT2D eigenvalue weighted by Gasteiger charge is -2.37. The summed E-state index contributed by atoms with van der Waals surface area (Å²) in [4.78, 5) is 14.1. The summed E-state index contributed by atoms with van der Waals surface area (Å²) in [6, 6.07) is 7.56. The van der Waals surface area contributed by atoms with Gasteiger partial charge in [0.15, 0.2) is 0 Å². The lowest BCUT2D eigenvalue weighted by molar-refractivity contribution is -0.132. The first kappa shape index (κ1) is 15.8. The fourth-order valence-electron chi connectivity index (χ4n) is 2.28. The zero-order chi connectivity index (χ0) is 13.2. The maximum absolute atomic E-state index is 12.2. The van der Waals surface area contributed by atoms with Crippen LogP contribution < -0.4 is 5.73 Å². The van der Waals surface area contributed by atoms with Gasteiger partial charge in [-0.3, -0.25) is 4.79 Å². The van der Waals surface area contributed by atoms with Crippen molar-refractivity contribution in [2.45, 2.75) is 33.1 Å². The number of anilines is 1. The molecule has 0 aliphatic carbocycles. The van der Waals surface area contributed by atoms with E-state index >= 15 is 0 Å². The van der Waals surface area contributed by atoms with Crippen LogP contribution >= 0.6 is 12.4 Å². The molecule has 1 aliphatic heterocycles. The van der Waals surface area contributed by atoms with Gasteiger partial charge in [0.05, 0.1) is 6.42 Å². The summed E-state index contributed by atoms with van der Waals surface area (Å²) in [7, 11) is 0. The van der Waals surface area contributed by atoms with Crippen LogP contribution in [0.3, 0.4) is 0 Å². The molecule has 1 amide bonds. The molecule has 3 nitrogen and oxygen atoms in total. The minimum atomic E-state index is 0. The number of hydrogen-bond donors (Lipinski definition) is 1. The Balaban J connectivity index is 0.00000180. The second-order valence-electron chi connectivity index (χ2n) is 5.96. The number of carbonyl (C=O) groups excluding carboxylic acids is 1. The van der Waals surface area contributed by atoms with Crippen LogP contribution in [0.2, 0.25) is 0 Å². The van der Waals surface area contributed by atoms with Crippen LogP contribution in [0.5, 0.6) is 0 Å². The minimum absolute atomic E-state index is 0. The van der Waals surface area contributed by atoms with Gasteiger partial charge in [0.1, 0.15) is 0 Å². The Hall–Kier alpha value is -1.22. The molecule has 0 radical (unpaired) electrons. The highest BCUT2D eigenvalue weighted by molar-refractivity contribution is 5.85. The van der Waals surface area contributed by atoms with E-state index in [1.165, 1.54) is 0 Å². The van der Waals surface area contributed by atoms with Crippen LogP contribution in [0.1, 0.15) is 32.3 Å². The van der Waals surface area contributed by atoms with Gasteiger partial charge in [-0.05, 0) is 36.0 Å². The van der Waals surface area contributed by atoms with Crippen molar-refractivity contribution in [3.8, 4) is 0 Å². The van der Waals surface area contributed by atoms with Gasteiger partial charge in [-0.25, -0.2) is 0 Å². The van der Waals surface area contributed by atoms with Crippen molar-refractivity contribution >= 4 is 24.0 Å². The zero-order valence-electron chi connectivity index (χ0n) is 11.7. The predicted octanol–water partition coefficient (Wildman–Crippen LogP) is 2.88. The fourth-order valence-corrected chi connectivity index (χ4v) is 2.28. The third-order valence-corrected chi connectivity index (χ3v) is 3.80. The lowest BCUT2D eigenvalue weighted by Crippen LogP contribution is -2.41. The summed E-state index contributed by atoms with van der Waals surface area (Å²) in [6.45, 7) is 6.32. The Morgan fingerprint density at radius 1 is 1.21 bits per heavy atom. The molecular formula is C15H23ClN2O. The molecule has 0 aromatic heterocycles. The van der Waals surface area contributed by atoms with Gasteiger partial charge in [-0.15, -0.1) is 12.4 Å². The molecule has 0 atom stereocenters. The highest BCUT2D eigenvalue weighted by atomic mass is 35.5. The molecule has 2 rings (SSSR count). The van der Waals surface area contributed by atoms with Crippen molar-refractivity contribution in [3.63, 3.8) is 0 Å². The first-order valence-electron chi connectivity index (χ1n) is 6.58. The van der Waals surface area contributed by atoms with Crippen molar-refractivity contribution in [1.29, 1.82) is 0 Å². The van der Waals surface area contributed by atoms with Crippen molar-refractivity contribution in [2.24, 2.45) is 5.41 Å². The summed E-state index contributed by atoms with van der Waals surface area (Å²) in [5.74, 6) is 0.232. The maximum Gasteiger partial charge on any atom is 0.226 e. The van der Waals surface area contributed by atoms with E-state index < -0.39 is 0 Å². The number of nitrogens with two attached hydrogens (primary N) is 1. The number of amides is 1. The van der Waals surface area contributed by atoms with E-state index in [-0.39, 0.29) is 18.3 Å². The van der Waals surface area contributed by atoms with Crippen LogP contribution in [0.15, 0.2) is 24.3 Å². The van der Waals surface area contributed by atoms with Crippen LogP contribution in [-0.2, 0) is 11.2 Å². The number of piperidine rings is 1. The van der Waals surface area contributed by atoms with Crippen molar-refractivity contribution in [3.05, 3.63) is 29.8 Å². The molecule has 4 heteroatoms. The Kier molecular flexibility index (Phi) is 5.24. The SMILES string of the molecule is CC1(C)CCN(C(=O)Cc2ccc(N)cc2)CC1.Cl. The van der Waals surface area contributed by atoms with Gasteiger partial charge in [0.2, 0.25) is 5.91 Å². The van der Waals surface area contributed by atoms with Crippen molar-refractivity contribution < 1.29 is 4.79 Å². The molecule has 106 valence electrons. The average molecular weight is 283 g/mol. The number of rotatable bonds is 2. The van der Waals surface area contributed by atoms with E-state index in [1.54, 1.807) is 0 Å². The highest BCUT2D eigenvalue weighted by Crippen LogP contribution is 2.29. The van der Waals surface area contributed by atoms with Gasteiger partial charge in [-0.1, -0.05) is 26.0 Å². The molecule has 1 aromatic carbocycles. The second kappa shape index (κ2) is 6.29. The topological polar surface area (TPSA) is 46.3 Å². The largest absolute Gasteiger partial charge is 0.399 e. The van der Waals surface area contributed by atoms with Gasteiger partial charge in [0, 0.05) is 18.8 Å². The van der Waals surface area contributed by atoms with Gasteiger partial charge < -0.3 is 10.6 Å². The van der Waals surface area contributed by atoms with E-state index in [4.69, 9.17) is 5.73 Å². The van der Waals surface area contributed by atoms with Crippen LogP contribution in [0.25, 0.3) is 0 Å². The monoisotopic (exact) mass is 282 g/mol. The number of halogens is 1. The minimum Gasteiger partial charge on any atom is -0.399 e. The predicted molar refractivity (Wildman–Crippen MR) is 81.4 cm³/mol.